The van der Waals surface area contributed by atoms with E-state index in [1.54, 1.807) is 15.6 Å². The Bertz CT molecular complexity index is 771. The average molecular weight is 327 g/mol. The second-order valence-corrected chi connectivity index (χ2v) is 6.24. The van der Waals surface area contributed by atoms with Crippen LogP contribution in [0, 0.1) is 20.8 Å². The minimum Gasteiger partial charge on any atom is -0.451 e. The topological polar surface area (TPSA) is 64.4 Å². The summed E-state index contributed by atoms with van der Waals surface area (Å²) in [5.74, 6) is -0.727. The number of rotatable bonds is 4. The van der Waals surface area contributed by atoms with Crippen molar-refractivity contribution in [3.63, 3.8) is 0 Å². The van der Waals surface area contributed by atoms with E-state index >= 15 is 0 Å². The van der Waals surface area contributed by atoms with Crippen molar-refractivity contribution in [2.75, 3.05) is 19.7 Å². The molecule has 0 saturated carbocycles. The summed E-state index contributed by atoms with van der Waals surface area (Å²) in [6, 6.07) is 7.78. The molecule has 0 spiro atoms. The lowest BCUT2D eigenvalue weighted by atomic mass is 10.1. The van der Waals surface area contributed by atoms with E-state index in [1.807, 2.05) is 32.9 Å². The van der Waals surface area contributed by atoms with E-state index < -0.39 is 5.97 Å². The van der Waals surface area contributed by atoms with Crippen LogP contribution in [0.3, 0.4) is 0 Å². The fourth-order valence-electron chi connectivity index (χ4n) is 2.77. The SMILES string of the molecule is Cc1cc(C)cc(-n2nc(C(=O)OCC(=O)N3CCC3)cc2C)c1. The number of nitrogens with zero attached hydrogens (tertiary/aromatic N) is 3. The maximum atomic E-state index is 12.1. The van der Waals surface area contributed by atoms with Crippen LogP contribution >= 0.6 is 0 Å². The molecule has 0 N–H and O–H groups in total. The Kier molecular flexibility index (Phi) is 4.38. The van der Waals surface area contributed by atoms with Crippen LogP contribution < -0.4 is 0 Å². The lowest BCUT2D eigenvalue weighted by Crippen LogP contribution is -2.44. The van der Waals surface area contributed by atoms with Gasteiger partial charge in [-0.05, 0) is 56.5 Å². The summed E-state index contributed by atoms with van der Waals surface area (Å²) in [6.07, 6.45) is 1.01. The molecule has 0 aliphatic carbocycles. The predicted octanol–water partition coefficient (Wildman–Crippen LogP) is 2.19. The molecule has 0 radical (unpaired) electrons. The highest BCUT2D eigenvalue weighted by molar-refractivity contribution is 5.89. The number of ether oxygens (including phenoxy) is 1. The number of amides is 1. The van der Waals surface area contributed by atoms with Crippen molar-refractivity contribution in [2.45, 2.75) is 27.2 Å². The van der Waals surface area contributed by atoms with E-state index in [4.69, 9.17) is 4.74 Å². The Balaban J connectivity index is 1.73. The fourth-order valence-corrected chi connectivity index (χ4v) is 2.77. The van der Waals surface area contributed by atoms with Crippen molar-refractivity contribution >= 4 is 11.9 Å². The van der Waals surface area contributed by atoms with Crippen LogP contribution in [0.25, 0.3) is 5.69 Å². The normalized spacial score (nSPS) is 13.5. The minimum absolute atomic E-state index is 0.153. The molecule has 0 atom stereocenters. The maximum absolute atomic E-state index is 12.1. The molecular formula is C18H21N3O3. The second-order valence-electron chi connectivity index (χ2n) is 6.24. The Hall–Kier alpha value is -2.63. The van der Waals surface area contributed by atoms with Gasteiger partial charge >= 0.3 is 5.97 Å². The smallest absolute Gasteiger partial charge is 0.359 e. The van der Waals surface area contributed by atoms with Crippen molar-refractivity contribution in [1.29, 1.82) is 0 Å². The third-order valence-electron chi connectivity index (χ3n) is 4.08. The predicted molar refractivity (Wildman–Crippen MR) is 89.3 cm³/mol. The third kappa shape index (κ3) is 3.32. The first-order valence-electron chi connectivity index (χ1n) is 8.04. The molecule has 1 saturated heterocycles. The molecule has 6 nitrogen and oxygen atoms in total. The lowest BCUT2D eigenvalue weighted by Gasteiger charge is -2.30. The van der Waals surface area contributed by atoms with Gasteiger partial charge in [0.25, 0.3) is 5.91 Å². The number of carbonyl (C=O) groups excluding carboxylic acids is 2. The van der Waals surface area contributed by atoms with E-state index in [0.717, 1.165) is 42.0 Å². The number of hydrogen-bond acceptors (Lipinski definition) is 4. The summed E-state index contributed by atoms with van der Waals surface area (Å²) in [7, 11) is 0. The summed E-state index contributed by atoms with van der Waals surface area (Å²) in [5, 5.41) is 4.34. The molecule has 3 rings (SSSR count). The zero-order chi connectivity index (χ0) is 17.3. The average Bonchev–Trinajstić information content (AvgIpc) is 2.84. The van der Waals surface area contributed by atoms with Crippen LogP contribution in [0.1, 0.15) is 33.7 Å². The molecule has 126 valence electrons. The number of carbonyl (C=O) groups is 2. The van der Waals surface area contributed by atoms with Crippen molar-refractivity contribution in [1.82, 2.24) is 14.7 Å². The van der Waals surface area contributed by atoms with E-state index in [2.05, 4.69) is 11.2 Å². The molecule has 1 aromatic heterocycles. The van der Waals surface area contributed by atoms with Crippen molar-refractivity contribution < 1.29 is 14.3 Å². The van der Waals surface area contributed by atoms with Crippen molar-refractivity contribution in [3.8, 4) is 5.69 Å². The van der Waals surface area contributed by atoms with E-state index in [-0.39, 0.29) is 18.2 Å². The number of esters is 1. The molecule has 2 heterocycles. The number of aryl methyl sites for hydroxylation is 3. The Morgan fingerprint density at radius 2 is 1.75 bits per heavy atom. The fraction of sp³-hybridized carbons (Fsp3) is 0.389. The first kappa shape index (κ1) is 16.2. The highest BCUT2D eigenvalue weighted by atomic mass is 16.5. The Morgan fingerprint density at radius 1 is 1.08 bits per heavy atom. The van der Waals surface area contributed by atoms with Gasteiger partial charge < -0.3 is 9.64 Å². The molecular weight excluding hydrogens is 306 g/mol. The quantitative estimate of drug-likeness (QED) is 0.808. The molecule has 2 aromatic rings. The zero-order valence-electron chi connectivity index (χ0n) is 14.2. The first-order chi connectivity index (χ1) is 11.4. The molecule has 1 aliphatic rings. The highest BCUT2D eigenvalue weighted by Crippen LogP contribution is 2.16. The molecule has 0 unspecified atom stereocenters. The number of benzene rings is 1. The number of hydrogen-bond donors (Lipinski definition) is 0. The van der Waals surface area contributed by atoms with Crippen LogP contribution in [0.4, 0.5) is 0 Å². The Morgan fingerprint density at radius 3 is 2.33 bits per heavy atom. The standard InChI is InChI=1S/C18H21N3O3/c1-12-7-13(2)9-15(8-12)21-14(3)10-16(19-21)18(23)24-11-17(22)20-5-4-6-20/h7-10H,4-6,11H2,1-3H3. The molecule has 1 aromatic carbocycles. The third-order valence-corrected chi connectivity index (χ3v) is 4.08. The van der Waals surface area contributed by atoms with Gasteiger partial charge in [0.15, 0.2) is 12.3 Å². The monoisotopic (exact) mass is 327 g/mol. The second kappa shape index (κ2) is 6.47. The van der Waals surface area contributed by atoms with Gasteiger partial charge in [0.2, 0.25) is 0 Å². The summed E-state index contributed by atoms with van der Waals surface area (Å²) >= 11 is 0. The van der Waals surface area contributed by atoms with Gasteiger partial charge in [-0.15, -0.1) is 0 Å². The summed E-state index contributed by atoms with van der Waals surface area (Å²) in [5.41, 5.74) is 4.21. The maximum Gasteiger partial charge on any atom is 0.359 e. The summed E-state index contributed by atoms with van der Waals surface area (Å²) in [4.78, 5) is 25.6. The number of aromatic nitrogens is 2. The van der Waals surface area contributed by atoms with Gasteiger partial charge in [-0.2, -0.15) is 5.10 Å². The van der Waals surface area contributed by atoms with Crippen LogP contribution in [0.5, 0.6) is 0 Å². The van der Waals surface area contributed by atoms with E-state index in [0.29, 0.717) is 0 Å². The molecule has 1 amide bonds. The summed E-state index contributed by atoms with van der Waals surface area (Å²) in [6.45, 7) is 7.19. The molecule has 24 heavy (non-hydrogen) atoms. The summed E-state index contributed by atoms with van der Waals surface area (Å²) < 4.78 is 6.81. The minimum atomic E-state index is -0.574. The van der Waals surface area contributed by atoms with Gasteiger partial charge in [-0.3, -0.25) is 4.79 Å². The van der Waals surface area contributed by atoms with Gasteiger partial charge in [0, 0.05) is 18.8 Å². The Labute approximate surface area is 141 Å². The molecule has 1 aliphatic heterocycles. The van der Waals surface area contributed by atoms with E-state index in [9.17, 15) is 9.59 Å². The lowest BCUT2D eigenvalue weighted by molar-refractivity contribution is -0.137. The van der Waals surface area contributed by atoms with Crippen molar-refractivity contribution in [2.24, 2.45) is 0 Å². The van der Waals surface area contributed by atoms with Gasteiger partial charge in [0.1, 0.15) is 0 Å². The highest BCUT2D eigenvalue weighted by Gasteiger charge is 2.22. The zero-order valence-corrected chi connectivity index (χ0v) is 14.2. The van der Waals surface area contributed by atoms with Crippen LogP contribution in [-0.2, 0) is 9.53 Å². The number of likely N-dealkylation sites (tertiary alicyclic amines) is 1. The molecule has 6 heteroatoms. The van der Waals surface area contributed by atoms with Crippen LogP contribution in [0.15, 0.2) is 24.3 Å². The first-order valence-corrected chi connectivity index (χ1v) is 8.04. The molecule has 0 bridgehead atoms. The van der Waals surface area contributed by atoms with Gasteiger partial charge in [-0.1, -0.05) is 6.07 Å². The van der Waals surface area contributed by atoms with Gasteiger partial charge in [0.05, 0.1) is 5.69 Å². The van der Waals surface area contributed by atoms with E-state index in [1.165, 1.54) is 0 Å². The van der Waals surface area contributed by atoms with Crippen molar-refractivity contribution in [3.05, 3.63) is 46.8 Å². The van der Waals surface area contributed by atoms with Crippen LogP contribution in [-0.4, -0.2) is 46.3 Å². The largest absolute Gasteiger partial charge is 0.451 e. The van der Waals surface area contributed by atoms with Crippen LogP contribution in [0.2, 0.25) is 0 Å². The van der Waals surface area contributed by atoms with Gasteiger partial charge in [-0.25, -0.2) is 9.48 Å². The molecule has 1 fully saturated rings.